The van der Waals surface area contributed by atoms with Crippen molar-refractivity contribution in [3.63, 3.8) is 0 Å². The number of rotatable bonds is 9. The van der Waals surface area contributed by atoms with E-state index in [-0.39, 0.29) is 19.1 Å². The van der Waals surface area contributed by atoms with E-state index < -0.39 is 5.60 Å². The largest absolute Gasteiger partial charge is 0.396 e. The van der Waals surface area contributed by atoms with Gasteiger partial charge in [-0.2, -0.15) is 0 Å². The first-order valence-electron chi connectivity index (χ1n) is 9.40. The third-order valence-corrected chi connectivity index (χ3v) is 5.62. The van der Waals surface area contributed by atoms with Gasteiger partial charge < -0.3 is 14.9 Å². The molecule has 0 unspecified atom stereocenters. The molecule has 3 rings (SSSR count). The molecule has 0 radical (unpaired) electrons. The van der Waals surface area contributed by atoms with Gasteiger partial charge in [0.1, 0.15) is 5.60 Å². The van der Waals surface area contributed by atoms with Crippen LogP contribution in [0.4, 0.5) is 0 Å². The van der Waals surface area contributed by atoms with Gasteiger partial charge in [-0.05, 0) is 35.2 Å². The first kappa shape index (κ1) is 20.7. The molecule has 2 N–H and O–H groups in total. The van der Waals surface area contributed by atoms with Crippen LogP contribution in [0.2, 0.25) is 0 Å². The SMILES string of the molecule is OCC[C@@H](c1ccccc1)[C@](CO)(OCc1ccc(Br)cc1)c1ccccc1. The lowest BCUT2D eigenvalue weighted by atomic mass is 9.75. The molecule has 3 aromatic rings. The molecule has 0 fully saturated rings. The lowest BCUT2D eigenvalue weighted by Gasteiger charge is -2.40. The lowest BCUT2D eigenvalue weighted by molar-refractivity contribution is -0.116. The zero-order chi connectivity index (χ0) is 19.8. The third kappa shape index (κ3) is 4.70. The number of hydrogen-bond acceptors (Lipinski definition) is 3. The van der Waals surface area contributed by atoms with Crippen molar-refractivity contribution < 1.29 is 14.9 Å². The van der Waals surface area contributed by atoms with Gasteiger partial charge in [-0.15, -0.1) is 0 Å². The highest BCUT2D eigenvalue weighted by Gasteiger charge is 2.42. The molecule has 3 nitrogen and oxygen atoms in total. The molecule has 0 aromatic heterocycles. The van der Waals surface area contributed by atoms with Crippen LogP contribution in [0.1, 0.15) is 29.0 Å². The van der Waals surface area contributed by atoms with Crippen LogP contribution in [-0.4, -0.2) is 23.4 Å². The molecular formula is C24H25BrO3. The van der Waals surface area contributed by atoms with Crippen molar-refractivity contribution >= 4 is 15.9 Å². The number of halogens is 1. The van der Waals surface area contributed by atoms with Crippen molar-refractivity contribution in [2.75, 3.05) is 13.2 Å². The molecule has 0 aliphatic rings. The van der Waals surface area contributed by atoms with Crippen molar-refractivity contribution in [2.45, 2.75) is 24.5 Å². The molecule has 0 aliphatic carbocycles. The van der Waals surface area contributed by atoms with E-state index in [2.05, 4.69) is 15.9 Å². The Morgan fingerprint density at radius 3 is 2.00 bits per heavy atom. The molecule has 146 valence electrons. The van der Waals surface area contributed by atoms with Gasteiger partial charge >= 0.3 is 0 Å². The standard InChI is InChI=1S/C24H25BrO3/c25-22-13-11-19(12-14-22)17-28-24(18-27,21-9-5-2-6-10-21)23(15-16-26)20-7-3-1-4-8-20/h1-14,23,26-27H,15-18H2/t23-,24+/m0/s1. The Hall–Kier alpha value is -1.98. The van der Waals surface area contributed by atoms with Gasteiger partial charge in [0.05, 0.1) is 13.2 Å². The number of benzene rings is 3. The molecule has 0 heterocycles. The monoisotopic (exact) mass is 440 g/mol. The van der Waals surface area contributed by atoms with Gasteiger partial charge in [0.2, 0.25) is 0 Å². The van der Waals surface area contributed by atoms with Crippen LogP contribution in [0, 0.1) is 0 Å². The molecule has 2 atom stereocenters. The van der Waals surface area contributed by atoms with Crippen LogP contribution in [0.15, 0.2) is 89.4 Å². The zero-order valence-electron chi connectivity index (χ0n) is 15.7. The van der Waals surface area contributed by atoms with E-state index >= 15 is 0 Å². The topological polar surface area (TPSA) is 49.7 Å². The predicted molar refractivity (Wildman–Crippen MR) is 115 cm³/mol. The van der Waals surface area contributed by atoms with Crippen molar-refractivity contribution in [2.24, 2.45) is 0 Å². The van der Waals surface area contributed by atoms with Crippen LogP contribution < -0.4 is 0 Å². The Balaban J connectivity index is 2.02. The summed E-state index contributed by atoms with van der Waals surface area (Å²) < 4.78 is 7.49. The highest BCUT2D eigenvalue weighted by molar-refractivity contribution is 9.10. The second kappa shape index (κ2) is 9.99. The van der Waals surface area contributed by atoms with E-state index in [1.807, 2.05) is 84.9 Å². The van der Waals surface area contributed by atoms with Crippen molar-refractivity contribution in [1.82, 2.24) is 0 Å². The minimum atomic E-state index is -0.960. The molecule has 28 heavy (non-hydrogen) atoms. The fraction of sp³-hybridized carbons (Fsp3) is 0.250. The van der Waals surface area contributed by atoms with E-state index in [4.69, 9.17) is 4.74 Å². The van der Waals surface area contributed by atoms with Crippen molar-refractivity contribution in [3.05, 3.63) is 106 Å². The number of aliphatic hydroxyl groups excluding tert-OH is 2. The van der Waals surface area contributed by atoms with E-state index in [9.17, 15) is 10.2 Å². The maximum atomic E-state index is 10.6. The normalized spacial score (nSPS) is 14.4. The van der Waals surface area contributed by atoms with Crippen LogP contribution >= 0.6 is 15.9 Å². The minimum Gasteiger partial charge on any atom is -0.396 e. The first-order valence-corrected chi connectivity index (χ1v) is 10.2. The Bertz CT molecular complexity index is 837. The summed E-state index contributed by atoms with van der Waals surface area (Å²) in [5.41, 5.74) is 1.99. The van der Waals surface area contributed by atoms with Crippen molar-refractivity contribution in [3.8, 4) is 0 Å². The Morgan fingerprint density at radius 2 is 1.43 bits per heavy atom. The minimum absolute atomic E-state index is 0.00971. The van der Waals surface area contributed by atoms with Gasteiger partial charge in [-0.3, -0.25) is 0 Å². The summed E-state index contributed by atoms with van der Waals surface area (Å²) in [7, 11) is 0. The number of aliphatic hydroxyl groups is 2. The smallest absolute Gasteiger partial charge is 0.123 e. The first-order chi connectivity index (χ1) is 13.7. The fourth-order valence-corrected chi connectivity index (χ4v) is 3.89. The maximum absolute atomic E-state index is 10.6. The summed E-state index contributed by atoms with van der Waals surface area (Å²) in [5.74, 6) is -0.193. The van der Waals surface area contributed by atoms with Gasteiger partial charge in [0.15, 0.2) is 0 Å². The summed E-state index contributed by atoms with van der Waals surface area (Å²) in [6.07, 6.45) is 0.486. The van der Waals surface area contributed by atoms with E-state index in [1.165, 1.54) is 0 Å². The summed E-state index contributed by atoms with van der Waals surface area (Å²) in [6, 6.07) is 27.7. The summed E-state index contributed by atoms with van der Waals surface area (Å²) in [6.45, 7) is 0.181. The Kier molecular flexibility index (Phi) is 7.40. The molecule has 0 spiro atoms. The maximum Gasteiger partial charge on any atom is 0.123 e. The van der Waals surface area contributed by atoms with Crippen LogP contribution in [0.25, 0.3) is 0 Å². The third-order valence-electron chi connectivity index (χ3n) is 5.09. The molecule has 0 saturated heterocycles. The summed E-state index contributed by atoms with van der Waals surface area (Å²) in [5, 5.41) is 20.4. The van der Waals surface area contributed by atoms with Gasteiger partial charge in [0, 0.05) is 17.0 Å². The Labute approximate surface area is 174 Å². The van der Waals surface area contributed by atoms with E-state index in [0.717, 1.165) is 21.2 Å². The molecule has 3 aromatic carbocycles. The van der Waals surface area contributed by atoms with Gasteiger partial charge in [0.25, 0.3) is 0 Å². The summed E-state index contributed by atoms with van der Waals surface area (Å²) >= 11 is 3.45. The Morgan fingerprint density at radius 1 is 0.821 bits per heavy atom. The van der Waals surface area contributed by atoms with Crippen LogP contribution in [-0.2, 0) is 16.9 Å². The quantitative estimate of drug-likeness (QED) is 0.490. The summed E-state index contributed by atoms with van der Waals surface area (Å²) in [4.78, 5) is 0. The highest BCUT2D eigenvalue weighted by Crippen LogP contribution is 2.43. The molecule has 0 bridgehead atoms. The fourth-order valence-electron chi connectivity index (χ4n) is 3.63. The lowest BCUT2D eigenvalue weighted by Crippen LogP contribution is -2.41. The van der Waals surface area contributed by atoms with E-state index in [0.29, 0.717) is 13.0 Å². The highest BCUT2D eigenvalue weighted by atomic mass is 79.9. The van der Waals surface area contributed by atoms with Gasteiger partial charge in [-0.25, -0.2) is 0 Å². The van der Waals surface area contributed by atoms with E-state index in [1.54, 1.807) is 0 Å². The van der Waals surface area contributed by atoms with Crippen LogP contribution in [0.3, 0.4) is 0 Å². The average Bonchev–Trinajstić information content (AvgIpc) is 2.76. The molecule has 4 heteroatoms. The molecular weight excluding hydrogens is 416 g/mol. The molecule has 0 amide bonds. The second-order valence-electron chi connectivity index (χ2n) is 6.80. The second-order valence-corrected chi connectivity index (χ2v) is 7.72. The molecule has 0 aliphatic heterocycles. The number of ether oxygens (including phenoxy) is 1. The van der Waals surface area contributed by atoms with Gasteiger partial charge in [-0.1, -0.05) is 88.7 Å². The molecule has 0 saturated carbocycles. The zero-order valence-corrected chi connectivity index (χ0v) is 17.3. The van der Waals surface area contributed by atoms with Crippen molar-refractivity contribution in [1.29, 1.82) is 0 Å². The number of hydrogen-bond donors (Lipinski definition) is 2. The van der Waals surface area contributed by atoms with Crippen LogP contribution in [0.5, 0.6) is 0 Å². The average molecular weight is 441 g/mol. The predicted octanol–water partition coefficient (Wildman–Crippen LogP) is 5.02.